The lowest BCUT2D eigenvalue weighted by molar-refractivity contribution is -0.385. The predicted molar refractivity (Wildman–Crippen MR) is 72.7 cm³/mol. The SMILES string of the molecule is COc1cc(CNC2CCC(=O)NC2=O)cc([N+](=O)[O-])c1. The zero-order chi connectivity index (χ0) is 15.4. The van der Waals surface area contributed by atoms with Crippen molar-refractivity contribution < 1.29 is 19.2 Å². The van der Waals surface area contributed by atoms with Gasteiger partial charge in [-0.25, -0.2) is 0 Å². The third kappa shape index (κ3) is 3.76. The van der Waals surface area contributed by atoms with Crippen molar-refractivity contribution in [1.82, 2.24) is 10.6 Å². The van der Waals surface area contributed by atoms with Gasteiger partial charge in [0, 0.05) is 19.0 Å². The number of carbonyl (C=O) groups is 2. The number of carbonyl (C=O) groups excluding carboxylic acids is 2. The average Bonchev–Trinajstić information content (AvgIpc) is 2.46. The summed E-state index contributed by atoms with van der Waals surface area (Å²) in [5.41, 5.74) is 0.556. The molecule has 1 aliphatic rings. The van der Waals surface area contributed by atoms with E-state index >= 15 is 0 Å². The lowest BCUT2D eigenvalue weighted by atomic mass is 10.1. The van der Waals surface area contributed by atoms with Gasteiger partial charge in [0.1, 0.15) is 5.75 Å². The first kappa shape index (κ1) is 14.9. The number of rotatable bonds is 5. The van der Waals surface area contributed by atoms with Crippen LogP contribution in [0.1, 0.15) is 18.4 Å². The van der Waals surface area contributed by atoms with Gasteiger partial charge < -0.3 is 10.1 Å². The summed E-state index contributed by atoms with van der Waals surface area (Å²) in [6, 6.07) is 3.93. The summed E-state index contributed by atoms with van der Waals surface area (Å²) in [6.07, 6.45) is 0.693. The molecule has 1 atom stereocenters. The summed E-state index contributed by atoms with van der Waals surface area (Å²) in [5.74, 6) is -0.275. The molecular formula is C13H15N3O5. The number of ether oxygens (including phenoxy) is 1. The molecule has 112 valence electrons. The lowest BCUT2D eigenvalue weighted by Crippen LogP contribution is -2.50. The van der Waals surface area contributed by atoms with Gasteiger partial charge in [0.25, 0.3) is 5.69 Å². The highest BCUT2D eigenvalue weighted by atomic mass is 16.6. The zero-order valence-corrected chi connectivity index (χ0v) is 11.4. The minimum Gasteiger partial charge on any atom is -0.496 e. The summed E-state index contributed by atoms with van der Waals surface area (Å²) in [5, 5.41) is 16.1. The van der Waals surface area contributed by atoms with Crippen LogP contribution in [0.2, 0.25) is 0 Å². The minimum absolute atomic E-state index is 0.0746. The third-order valence-corrected chi connectivity index (χ3v) is 3.19. The molecule has 1 unspecified atom stereocenters. The van der Waals surface area contributed by atoms with Gasteiger partial charge in [0.15, 0.2) is 0 Å². The highest BCUT2D eigenvalue weighted by Gasteiger charge is 2.26. The molecule has 2 amide bonds. The van der Waals surface area contributed by atoms with Crippen LogP contribution in [-0.4, -0.2) is 29.9 Å². The number of non-ortho nitro benzene ring substituents is 1. The van der Waals surface area contributed by atoms with Crippen LogP contribution < -0.4 is 15.4 Å². The minimum atomic E-state index is -0.502. The Hall–Kier alpha value is -2.48. The molecule has 0 spiro atoms. The monoisotopic (exact) mass is 293 g/mol. The number of benzene rings is 1. The summed E-state index contributed by atoms with van der Waals surface area (Å²) >= 11 is 0. The maximum Gasteiger partial charge on any atom is 0.273 e. The summed E-state index contributed by atoms with van der Waals surface area (Å²) in [4.78, 5) is 33.0. The van der Waals surface area contributed by atoms with Crippen LogP contribution in [0.25, 0.3) is 0 Å². The molecule has 21 heavy (non-hydrogen) atoms. The number of nitrogens with zero attached hydrogens (tertiary/aromatic N) is 1. The first-order valence-corrected chi connectivity index (χ1v) is 6.39. The maximum atomic E-state index is 11.6. The number of nitro benzene ring substituents is 1. The van der Waals surface area contributed by atoms with E-state index < -0.39 is 11.0 Å². The summed E-state index contributed by atoms with van der Waals surface area (Å²) < 4.78 is 5.02. The molecule has 1 fully saturated rings. The maximum absolute atomic E-state index is 11.6. The highest BCUT2D eigenvalue weighted by Crippen LogP contribution is 2.22. The van der Waals surface area contributed by atoms with Crippen molar-refractivity contribution in [3.8, 4) is 5.75 Å². The fraction of sp³-hybridized carbons (Fsp3) is 0.385. The van der Waals surface area contributed by atoms with Gasteiger partial charge in [-0.3, -0.25) is 25.0 Å². The van der Waals surface area contributed by atoms with E-state index in [9.17, 15) is 19.7 Å². The Morgan fingerprint density at radius 1 is 1.43 bits per heavy atom. The average molecular weight is 293 g/mol. The second-order valence-electron chi connectivity index (χ2n) is 4.68. The molecule has 1 heterocycles. The van der Waals surface area contributed by atoms with Crippen LogP contribution in [0.3, 0.4) is 0 Å². The number of methoxy groups -OCH3 is 1. The van der Waals surface area contributed by atoms with Gasteiger partial charge >= 0.3 is 0 Å². The molecule has 8 nitrogen and oxygen atoms in total. The molecule has 0 radical (unpaired) electrons. The van der Waals surface area contributed by atoms with Crippen LogP contribution in [0.5, 0.6) is 5.75 Å². The Morgan fingerprint density at radius 2 is 2.19 bits per heavy atom. The zero-order valence-electron chi connectivity index (χ0n) is 11.4. The van der Waals surface area contributed by atoms with E-state index in [1.54, 1.807) is 6.07 Å². The van der Waals surface area contributed by atoms with Crippen molar-refractivity contribution in [1.29, 1.82) is 0 Å². The van der Waals surface area contributed by atoms with Gasteiger partial charge in [-0.05, 0) is 18.1 Å². The Balaban J connectivity index is 2.05. The van der Waals surface area contributed by atoms with Crippen molar-refractivity contribution >= 4 is 17.5 Å². The second kappa shape index (κ2) is 6.31. The molecule has 2 rings (SSSR count). The lowest BCUT2D eigenvalue weighted by Gasteiger charge is -2.21. The molecule has 1 aromatic rings. The topological polar surface area (TPSA) is 111 Å². The predicted octanol–water partition coefficient (Wildman–Crippen LogP) is 0.498. The molecule has 0 saturated carbocycles. The fourth-order valence-electron chi connectivity index (χ4n) is 2.10. The smallest absolute Gasteiger partial charge is 0.273 e. The number of hydrogen-bond acceptors (Lipinski definition) is 6. The van der Waals surface area contributed by atoms with E-state index in [2.05, 4.69) is 10.6 Å². The third-order valence-electron chi connectivity index (χ3n) is 3.19. The molecule has 1 saturated heterocycles. The number of hydrogen-bond donors (Lipinski definition) is 2. The Kier molecular flexibility index (Phi) is 4.49. The van der Waals surface area contributed by atoms with Gasteiger partial charge in [-0.15, -0.1) is 0 Å². The van der Waals surface area contributed by atoms with Crippen molar-refractivity contribution in [2.24, 2.45) is 0 Å². The van der Waals surface area contributed by atoms with E-state index in [0.29, 0.717) is 17.7 Å². The van der Waals surface area contributed by atoms with Crippen molar-refractivity contribution in [3.05, 3.63) is 33.9 Å². The fourth-order valence-corrected chi connectivity index (χ4v) is 2.10. The number of piperidine rings is 1. The molecule has 1 aromatic carbocycles. The molecule has 2 N–H and O–H groups in total. The first-order valence-electron chi connectivity index (χ1n) is 6.39. The van der Waals surface area contributed by atoms with E-state index in [-0.39, 0.29) is 30.5 Å². The van der Waals surface area contributed by atoms with Crippen molar-refractivity contribution in [2.45, 2.75) is 25.4 Å². The Labute approximate surface area is 120 Å². The molecule has 8 heteroatoms. The normalized spacial score (nSPS) is 18.2. The summed E-state index contributed by atoms with van der Waals surface area (Å²) in [7, 11) is 1.43. The quantitative estimate of drug-likeness (QED) is 0.464. The van der Waals surface area contributed by atoms with Crippen LogP contribution in [0.15, 0.2) is 18.2 Å². The van der Waals surface area contributed by atoms with Crippen LogP contribution >= 0.6 is 0 Å². The van der Waals surface area contributed by atoms with Gasteiger partial charge in [0.05, 0.1) is 24.1 Å². The number of nitro groups is 1. The molecule has 0 aliphatic carbocycles. The Morgan fingerprint density at radius 3 is 2.81 bits per heavy atom. The largest absolute Gasteiger partial charge is 0.496 e. The molecule has 1 aliphatic heterocycles. The van der Waals surface area contributed by atoms with Gasteiger partial charge in [-0.1, -0.05) is 0 Å². The number of nitrogens with one attached hydrogen (secondary N) is 2. The van der Waals surface area contributed by atoms with Crippen LogP contribution in [0.4, 0.5) is 5.69 Å². The molecule has 0 aromatic heterocycles. The summed E-state index contributed by atoms with van der Waals surface area (Å²) in [6.45, 7) is 0.268. The van der Waals surface area contributed by atoms with Crippen LogP contribution in [-0.2, 0) is 16.1 Å². The van der Waals surface area contributed by atoms with E-state index in [0.717, 1.165) is 0 Å². The second-order valence-corrected chi connectivity index (χ2v) is 4.68. The molecule has 0 bridgehead atoms. The van der Waals surface area contributed by atoms with Crippen LogP contribution in [0, 0.1) is 10.1 Å². The highest BCUT2D eigenvalue weighted by molar-refractivity contribution is 6.00. The standard InChI is InChI=1S/C13H15N3O5/c1-21-10-5-8(4-9(6-10)16(19)20)7-14-11-2-3-12(17)15-13(11)18/h4-6,11,14H,2-3,7H2,1H3,(H,15,17,18). The number of amides is 2. The van der Waals surface area contributed by atoms with Gasteiger partial charge in [-0.2, -0.15) is 0 Å². The Bertz CT molecular complexity index is 587. The van der Waals surface area contributed by atoms with E-state index in [1.165, 1.54) is 19.2 Å². The van der Waals surface area contributed by atoms with Crippen molar-refractivity contribution in [3.63, 3.8) is 0 Å². The first-order chi connectivity index (χ1) is 9.99. The molecular weight excluding hydrogens is 278 g/mol. The van der Waals surface area contributed by atoms with Gasteiger partial charge in [0.2, 0.25) is 11.8 Å². The van der Waals surface area contributed by atoms with E-state index in [4.69, 9.17) is 4.74 Å². The van der Waals surface area contributed by atoms with Crippen molar-refractivity contribution in [2.75, 3.05) is 7.11 Å². The van der Waals surface area contributed by atoms with E-state index in [1.807, 2.05) is 0 Å². The number of imide groups is 1.